The number of ether oxygens (including phenoxy) is 1. The SMILES string of the molecule is CNS(=O)(=O)c1cc(N)ccc1NC1(C)CCOC1C. The van der Waals surface area contributed by atoms with Gasteiger partial charge in [0.25, 0.3) is 0 Å². The van der Waals surface area contributed by atoms with Gasteiger partial charge in [-0.25, -0.2) is 13.1 Å². The van der Waals surface area contributed by atoms with Gasteiger partial charge in [-0.1, -0.05) is 0 Å². The fourth-order valence-electron chi connectivity index (χ4n) is 2.28. The Morgan fingerprint density at radius 1 is 1.45 bits per heavy atom. The van der Waals surface area contributed by atoms with Crippen LogP contribution in [-0.4, -0.2) is 33.7 Å². The summed E-state index contributed by atoms with van der Waals surface area (Å²) in [5.41, 5.74) is 6.35. The Morgan fingerprint density at radius 2 is 2.15 bits per heavy atom. The summed E-state index contributed by atoms with van der Waals surface area (Å²) >= 11 is 0. The normalized spacial score (nSPS) is 26.6. The molecule has 1 aromatic carbocycles. The molecule has 1 heterocycles. The van der Waals surface area contributed by atoms with E-state index in [0.717, 1.165) is 6.42 Å². The molecule has 4 N–H and O–H groups in total. The third-order valence-corrected chi connectivity index (χ3v) is 5.32. The molecule has 2 unspecified atom stereocenters. The predicted molar refractivity (Wildman–Crippen MR) is 79.2 cm³/mol. The first-order valence-corrected chi connectivity index (χ1v) is 8.00. The Balaban J connectivity index is 2.42. The maximum atomic E-state index is 12.1. The Morgan fingerprint density at radius 3 is 2.70 bits per heavy atom. The Kier molecular flexibility index (Phi) is 3.95. The molecule has 0 aliphatic carbocycles. The van der Waals surface area contributed by atoms with Crippen molar-refractivity contribution >= 4 is 21.4 Å². The van der Waals surface area contributed by atoms with Gasteiger partial charge in [-0.05, 0) is 45.5 Å². The number of anilines is 2. The first-order chi connectivity index (χ1) is 9.28. The molecule has 1 fully saturated rings. The number of hydrogen-bond donors (Lipinski definition) is 3. The highest BCUT2D eigenvalue weighted by Gasteiger charge is 2.37. The summed E-state index contributed by atoms with van der Waals surface area (Å²) in [7, 11) is -2.19. The third kappa shape index (κ3) is 2.74. The van der Waals surface area contributed by atoms with Gasteiger partial charge >= 0.3 is 0 Å². The molecule has 0 bridgehead atoms. The van der Waals surface area contributed by atoms with Crippen LogP contribution in [0.1, 0.15) is 20.3 Å². The van der Waals surface area contributed by atoms with Gasteiger partial charge in [0.05, 0.1) is 17.3 Å². The summed E-state index contributed by atoms with van der Waals surface area (Å²) in [6, 6.07) is 4.83. The van der Waals surface area contributed by atoms with Crippen molar-refractivity contribution in [1.29, 1.82) is 0 Å². The molecule has 2 atom stereocenters. The molecule has 0 spiro atoms. The van der Waals surface area contributed by atoms with Gasteiger partial charge in [0.2, 0.25) is 10.0 Å². The highest BCUT2D eigenvalue weighted by Crippen LogP contribution is 2.33. The minimum absolute atomic E-state index is 0.00481. The molecule has 1 aliphatic rings. The molecule has 7 heteroatoms. The minimum Gasteiger partial charge on any atom is -0.399 e. The summed E-state index contributed by atoms with van der Waals surface area (Å²) in [5.74, 6) is 0. The van der Waals surface area contributed by atoms with E-state index in [-0.39, 0.29) is 16.5 Å². The maximum Gasteiger partial charge on any atom is 0.242 e. The van der Waals surface area contributed by atoms with E-state index in [1.165, 1.54) is 13.1 Å². The molecule has 0 aromatic heterocycles. The van der Waals surface area contributed by atoms with E-state index in [9.17, 15) is 8.42 Å². The number of benzene rings is 1. The Hall–Kier alpha value is -1.31. The second kappa shape index (κ2) is 5.23. The van der Waals surface area contributed by atoms with E-state index < -0.39 is 10.0 Å². The summed E-state index contributed by atoms with van der Waals surface area (Å²) in [5, 5.41) is 3.30. The van der Waals surface area contributed by atoms with Crippen LogP contribution in [0.2, 0.25) is 0 Å². The van der Waals surface area contributed by atoms with Gasteiger partial charge in [-0.3, -0.25) is 0 Å². The first-order valence-electron chi connectivity index (χ1n) is 6.51. The van der Waals surface area contributed by atoms with Crippen molar-refractivity contribution in [2.24, 2.45) is 0 Å². The second-order valence-corrected chi connectivity index (χ2v) is 7.12. The summed E-state index contributed by atoms with van der Waals surface area (Å²) in [6.07, 6.45) is 0.822. The number of sulfonamides is 1. The Bertz CT molecular complexity index is 603. The lowest BCUT2D eigenvalue weighted by atomic mass is 9.94. The monoisotopic (exact) mass is 299 g/mol. The van der Waals surface area contributed by atoms with E-state index >= 15 is 0 Å². The lowest BCUT2D eigenvalue weighted by Crippen LogP contribution is -2.41. The molecular weight excluding hydrogens is 278 g/mol. The van der Waals surface area contributed by atoms with Crippen LogP contribution in [0.25, 0.3) is 0 Å². The molecule has 20 heavy (non-hydrogen) atoms. The molecule has 1 aliphatic heterocycles. The summed E-state index contributed by atoms with van der Waals surface area (Å²) in [6.45, 7) is 4.66. The largest absolute Gasteiger partial charge is 0.399 e. The predicted octanol–water partition coefficient (Wildman–Crippen LogP) is 1.16. The van der Waals surface area contributed by atoms with Gasteiger partial charge in [0, 0.05) is 12.3 Å². The third-order valence-electron chi connectivity index (χ3n) is 3.87. The van der Waals surface area contributed by atoms with E-state index in [2.05, 4.69) is 10.0 Å². The zero-order valence-corrected chi connectivity index (χ0v) is 12.8. The lowest BCUT2D eigenvalue weighted by Gasteiger charge is -2.31. The number of hydrogen-bond acceptors (Lipinski definition) is 5. The molecule has 2 rings (SSSR count). The van der Waals surface area contributed by atoms with Crippen molar-refractivity contribution in [2.45, 2.75) is 36.8 Å². The number of nitrogens with two attached hydrogens (primary N) is 1. The van der Waals surface area contributed by atoms with Gasteiger partial charge in [0.1, 0.15) is 4.90 Å². The highest BCUT2D eigenvalue weighted by atomic mass is 32.2. The van der Waals surface area contributed by atoms with E-state index in [4.69, 9.17) is 10.5 Å². The molecule has 6 nitrogen and oxygen atoms in total. The van der Waals surface area contributed by atoms with E-state index in [0.29, 0.717) is 18.0 Å². The quantitative estimate of drug-likeness (QED) is 0.725. The zero-order chi connectivity index (χ0) is 15.0. The number of rotatable bonds is 4. The van der Waals surface area contributed by atoms with Crippen molar-refractivity contribution < 1.29 is 13.2 Å². The van der Waals surface area contributed by atoms with E-state index in [1.54, 1.807) is 12.1 Å². The fourth-order valence-corrected chi connectivity index (χ4v) is 3.20. The Labute approximate surface area is 119 Å². The molecule has 0 saturated carbocycles. The van der Waals surface area contributed by atoms with E-state index in [1.807, 2.05) is 13.8 Å². The van der Waals surface area contributed by atoms with Crippen molar-refractivity contribution in [2.75, 3.05) is 24.7 Å². The summed E-state index contributed by atoms with van der Waals surface area (Å²) < 4.78 is 32.1. The van der Waals surface area contributed by atoms with Gasteiger partial charge < -0.3 is 15.8 Å². The van der Waals surface area contributed by atoms with Crippen LogP contribution in [-0.2, 0) is 14.8 Å². The molecule has 0 radical (unpaired) electrons. The minimum atomic E-state index is -3.57. The van der Waals surface area contributed by atoms with Crippen molar-refractivity contribution in [1.82, 2.24) is 4.72 Å². The molecular formula is C13H21N3O3S. The molecule has 112 valence electrons. The molecule has 1 aromatic rings. The number of nitrogen functional groups attached to an aromatic ring is 1. The zero-order valence-electron chi connectivity index (χ0n) is 11.9. The summed E-state index contributed by atoms with van der Waals surface area (Å²) in [4.78, 5) is 0.153. The average Bonchev–Trinajstić information content (AvgIpc) is 2.71. The van der Waals surface area contributed by atoms with Crippen LogP contribution in [0, 0.1) is 0 Å². The van der Waals surface area contributed by atoms with Gasteiger partial charge in [0.15, 0.2) is 0 Å². The van der Waals surface area contributed by atoms with Crippen LogP contribution in [0.5, 0.6) is 0 Å². The number of nitrogens with one attached hydrogen (secondary N) is 2. The fraction of sp³-hybridized carbons (Fsp3) is 0.538. The van der Waals surface area contributed by atoms with Gasteiger partial charge in [-0.2, -0.15) is 0 Å². The smallest absolute Gasteiger partial charge is 0.242 e. The van der Waals surface area contributed by atoms with Crippen molar-refractivity contribution in [3.05, 3.63) is 18.2 Å². The lowest BCUT2D eigenvalue weighted by molar-refractivity contribution is 0.105. The molecule has 1 saturated heterocycles. The van der Waals surface area contributed by atoms with Crippen LogP contribution >= 0.6 is 0 Å². The molecule has 0 amide bonds. The van der Waals surface area contributed by atoms with Crippen LogP contribution in [0.4, 0.5) is 11.4 Å². The van der Waals surface area contributed by atoms with Gasteiger partial charge in [-0.15, -0.1) is 0 Å². The first kappa shape index (κ1) is 15.1. The standard InChI is InChI=1S/C13H21N3O3S/c1-9-13(2,6-7-19-9)16-11-5-4-10(14)8-12(11)20(17,18)15-3/h4-5,8-9,15-16H,6-7,14H2,1-3H3. The topological polar surface area (TPSA) is 93.5 Å². The van der Waals surface area contributed by atoms with Crippen LogP contribution in [0.3, 0.4) is 0 Å². The van der Waals surface area contributed by atoms with Crippen LogP contribution in [0.15, 0.2) is 23.1 Å². The second-order valence-electron chi connectivity index (χ2n) is 5.27. The van der Waals surface area contributed by atoms with Crippen molar-refractivity contribution in [3.63, 3.8) is 0 Å². The average molecular weight is 299 g/mol. The van der Waals surface area contributed by atoms with Crippen LogP contribution < -0.4 is 15.8 Å². The highest BCUT2D eigenvalue weighted by molar-refractivity contribution is 7.89. The maximum absolute atomic E-state index is 12.1. The van der Waals surface area contributed by atoms with Crippen molar-refractivity contribution in [3.8, 4) is 0 Å².